The van der Waals surface area contributed by atoms with Gasteiger partial charge < -0.3 is 10.6 Å². The SMILES string of the molecule is NC(=O)C1CCCN1C(=O)c1ccnc(F)c1. The Morgan fingerprint density at radius 2 is 2.29 bits per heavy atom. The molecular weight excluding hydrogens is 225 g/mol. The third kappa shape index (κ3) is 2.25. The van der Waals surface area contributed by atoms with E-state index in [1.54, 1.807) is 0 Å². The Morgan fingerprint density at radius 3 is 2.94 bits per heavy atom. The van der Waals surface area contributed by atoms with Crippen molar-refractivity contribution in [1.29, 1.82) is 0 Å². The van der Waals surface area contributed by atoms with Crippen molar-refractivity contribution < 1.29 is 14.0 Å². The third-order valence-electron chi connectivity index (χ3n) is 2.82. The second-order valence-corrected chi connectivity index (χ2v) is 3.93. The first kappa shape index (κ1) is 11.5. The van der Waals surface area contributed by atoms with E-state index in [0.717, 1.165) is 12.5 Å². The van der Waals surface area contributed by atoms with Crippen molar-refractivity contribution >= 4 is 11.8 Å². The molecule has 0 saturated carbocycles. The highest BCUT2D eigenvalue weighted by atomic mass is 19.1. The van der Waals surface area contributed by atoms with Crippen LogP contribution in [0.4, 0.5) is 4.39 Å². The summed E-state index contributed by atoms with van der Waals surface area (Å²) in [5, 5.41) is 0. The number of rotatable bonds is 2. The van der Waals surface area contributed by atoms with E-state index < -0.39 is 17.9 Å². The Hall–Kier alpha value is -1.98. The van der Waals surface area contributed by atoms with Crippen molar-refractivity contribution in [3.05, 3.63) is 29.8 Å². The summed E-state index contributed by atoms with van der Waals surface area (Å²) in [6.45, 7) is 0.469. The van der Waals surface area contributed by atoms with Crippen molar-refractivity contribution in [2.75, 3.05) is 6.54 Å². The molecular formula is C11H12FN3O2. The highest BCUT2D eigenvalue weighted by molar-refractivity contribution is 5.97. The summed E-state index contributed by atoms with van der Waals surface area (Å²) in [5.41, 5.74) is 5.40. The second kappa shape index (κ2) is 4.48. The molecule has 90 valence electrons. The normalized spacial score (nSPS) is 19.4. The van der Waals surface area contributed by atoms with Gasteiger partial charge in [0.2, 0.25) is 11.9 Å². The lowest BCUT2D eigenvalue weighted by atomic mass is 10.2. The minimum absolute atomic E-state index is 0.186. The van der Waals surface area contributed by atoms with Gasteiger partial charge in [-0.25, -0.2) is 4.98 Å². The lowest BCUT2D eigenvalue weighted by molar-refractivity contribution is -0.121. The minimum atomic E-state index is -0.717. The van der Waals surface area contributed by atoms with Crippen molar-refractivity contribution in [1.82, 2.24) is 9.88 Å². The maximum atomic E-state index is 12.9. The molecule has 1 aromatic heterocycles. The molecule has 0 bridgehead atoms. The van der Waals surface area contributed by atoms with Gasteiger partial charge in [-0.15, -0.1) is 0 Å². The van der Waals surface area contributed by atoms with Crippen LogP contribution in [0.5, 0.6) is 0 Å². The fourth-order valence-electron chi connectivity index (χ4n) is 2.01. The quantitative estimate of drug-likeness (QED) is 0.752. The van der Waals surface area contributed by atoms with Gasteiger partial charge in [-0.2, -0.15) is 4.39 Å². The average Bonchev–Trinajstić information content (AvgIpc) is 2.77. The first-order valence-corrected chi connectivity index (χ1v) is 5.31. The van der Waals surface area contributed by atoms with E-state index in [-0.39, 0.29) is 11.5 Å². The zero-order valence-electron chi connectivity index (χ0n) is 9.10. The van der Waals surface area contributed by atoms with Gasteiger partial charge in [0.25, 0.3) is 5.91 Å². The van der Waals surface area contributed by atoms with Crippen LogP contribution in [-0.2, 0) is 4.79 Å². The van der Waals surface area contributed by atoms with Gasteiger partial charge in [0, 0.05) is 24.4 Å². The Morgan fingerprint density at radius 1 is 1.53 bits per heavy atom. The van der Waals surface area contributed by atoms with Crippen LogP contribution >= 0.6 is 0 Å². The van der Waals surface area contributed by atoms with Crippen LogP contribution < -0.4 is 5.73 Å². The maximum Gasteiger partial charge on any atom is 0.254 e. The van der Waals surface area contributed by atoms with E-state index >= 15 is 0 Å². The fourth-order valence-corrected chi connectivity index (χ4v) is 2.01. The van der Waals surface area contributed by atoms with Crippen LogP contribution in [0, 0.1) is 5.95 Å². The van der Waals surface area contributed by atoms with Crippen LogP contribution in [0.25, 0.3) is 0 Å². The van der Waals surface area contributed by atoms with Crippen LogP contribution in [0.2, 0.25) is 0 Å². The third-order valence-corrected chi connectivity index (χ3v) is 2.82. The Labute approximate surface area is 97.4 Å². The van der Waals surface area contributed by atoms with Crippen LogP contribution in [-0.4, -0.2) is 34.3 Å². The van der Waals surface area contributed by atoms with Gasteiger partial charge in [-0.05, 0) is 18.9 Å². The van der Waals surface area contributed by atoms with Gasteiger partial charge in [-0.1, -0.05) is 0 Å². The number of amides is 2. The molecule has 0 aromatic carbocycles. The van der Waals surface area contributed by atoms with Gasteiger partial charge in [0.15, 0.2) is 0 Å². The molecule has 1 aliphatic heterocycles. The summed E-state index contributed by atoms with van der Waals surface area (Å²) in [7, 11) is 0. The van der Waals surface area contributed by atoms with Crippen molar-refractivity contribution in [2.45, 2.75) is 18.9 Å². The highest BCUT2D eigenvalue weighted by Crippen LogP contribution is 2.19. The summed E-state index contributed by atoms with van der Waals surface area (Å²) in [4.78, 5) is 28.0. The Balaban J connectivity index is 2.23. The maximum absolute atomic E-state index is 12.9. The number of likely N-dealkylation sites (tertiary alicyclic amines) is 1. The number of primary amides is 1. The molecule has 6 heteroatoms. The molecule has 1 saturated heterocycles. The average molecular weight is 237 g/mol. The molecule has 17 heavy (non-hydrogen) atoms. The molecule has 0 aliphatic carbocycles. The number of carbonyl (C=O) groups is 2. The first-order chi connectivity index (χ1) is 8.09. The molecule has 1 aliphatic rings. The summed E-state index contributed by atoms with van der Waals surface area (Å²) in [5.74, 6) is -1.62. The number of nitrogens with two attached hydrogens (primary N) is 1. The second-order valence-electron chi connectivity index (χ2n) is 3.93. The van der Waals surface area contributed by atoms with Crippen molar-refractivity contribution in [3.8, 4) is 0 Å². The van der Waals surface area contributed by atoms with E-state index in [1.165, 1.54) is 17.2 Å². The monoisotopic (exact) mass is 237 g/mol. The summed E-state index contributed by atoms with van der Waals surface area (Å²) < 4.78 is 12.9. The lowest BCUT2D eigenvalue weighted by Crippen LogP contribution is -2.43. The molecule has 2 amide bonds. The first-order valence-electron chi connectivity index (χ1n) is 5.31. The number of carbonyl (C=O) groups excluding carboxylic acids is 2. The zero-order valence-corrected chi connectivity index (χ0v) is 9.10. The summed E-state index contributed by atoms with van der Waals surface area (Å²) >= 11 is 0. The Kier molecular flexibility index (Phi) is 3.03. The molecule has 2 rings (SSSR count). The van der Waals surface area contributed by atoms with Crippen LogP contribution in [0.1, 0.15) is 23.2 Å². The molecule has 2 heterocycles. The number of nitrogens with zero attached hydrogens (tertiary/aromatic N) is 2. The van der Waals surface area contributed by atoms with Crippen molar-refractivity contribution in [3.63, 3.8) is 0 Å². The zero-order chi connectivity index (χ0) is 12.4. The standard InChI is InChI=1S/C11H12FN3O2/c12-9-6-7(3-4-14-9)11(17)15-5-1-2-8(15)10(13)16/h3-4,6,8H,1-2,5H2,(H2,13,16). The van der Waals surface area contributed by atoms with Gasteiger partial charge in [0.05, 0.1) is 0 Å². The largest absolute Gasteiger partial charge is 0.368 e. The molecule has 0 spiro atoms. The Bertz CT molecular complexity index is 464. The molecule has 1 fully saturated rings. The van der Waals surface area contributed by atoms with Crippen LogP contribution in [0.15, 0.2) is 18.3 Å². The highest BCUT2D eigenvalue weighted by Gasteiger charge is 2.33. The van der Waals surface area contributed by atoms with Gasteiger partial charge in [-0.3, -0.25) is 9.59 Å². The topological polar surface area (TPSA) is 76.3 Å². The lowest BCUT2D eigenvalue weighted by Gasteiger charge is -2.22. The van der Waals surface area contributed by atoms with E-state index in [2.05, 4.69) is 4.98 Å². The van der Waals surface area contributed by atoms with E-state index in [1.807, 2.05) is 0 Å². The summed E-state index contributed by atoms with van der Waals surface area (Å²) in [6, 6.07) is 1.89. The molecule has 0 radical (unpaired) electrons. The number of aromatic nitrogens is 1. The molecule has 1 atom stereocenters. The number of hydrogen-bond acceptors (Lipinski definition) is 3. The molecule has 5 nitrogen and oxygen atoms in total. The van der Waals surface area contributed by atoms with E-state index in [0.29, 0.717) is 13.0 Å². The molecule has 2 N–H and O–H groups in total. The smallest absolute Gasteiger partial charge is 0.254 e. The predicted octanol–water partition coefficient (Wildman–Crippen LogP) is 0.311. The van der Waals surface area contributed by atoms with E-state index in [4.69, 9.17) is 5.73 Å². The predicted molar refractivity (Wildman–Crippen MR) is 57.4 cm³/mol. The number of hydrogen-bond donors (Lipinski definition) is 1. The van der Waals surface area contributed by atoms with Gasteiger partial charge >= 0.3 is 0 Å². The minimum Gasteiger partial charge on any atom is -0.368 e. The van der Waals surface area contributed by atoms with Crippen molar-refractivity contribution in [2.24, 2.45) is 5.73 Å². The molecule has 1 unspecified atom stereocenters. The van der Waals surface area contributed by atoms with E-state index in [9.17, 15) is 14.0 Å². The molecule has 1 aromatic rings. The number of pyridine rings is 1. The number of halogens is 1. The van der Waals surface area contributed by atoms with Gasteiger partial charge in [0.1, 0.15) is 6.04 Å². The van der Waals surface area contributed by atoms with Crippen LogP contribution in [0.3, 0.4) is 0 Å². The summed E-state index contributed by atoms with van der Waals surface area (Å²) in [6.07, 6.45) is 2.51. The fraction of sp³-hybridized carbons (Fsp3) is 0.364.